The van der Waals surface area contributed by atoms with E-state index in [1.807, 2.05) is 0 Å². The molecule has 1 aromatic carbocycles. The van der Waals surface area contributed by atoms with Gasteiger partial charge < -0.3 is 14.6 Å². The lowest BCUT2D eigenvalue weighted by Crippen LogP contribution is -3.12. The van der Waals surface area contributed by atoms with Crippen LogP contribution in [0.1, 0.15) is 68.7 Å². The third kappa shape index (κ3) is 6.22. The minimum atomic E-state index is -0.177. The first-order valence-corrected chi connectivity index (χ1v) is 11.4. The Hall–Kier alpha value is -1.58. The second kappa shape index (κ2) is 10.8. The summed E-state index contributed by atoms with van der Waals surface area (Å²) in [6.45, 7) is 8.38. The molecule has 1 unspecified atom stereocenters. The van der Waals surface area contributed by atoms with E-state index < -0.39 is 0 Å². The summed E-state index contributed by atoms with van der Waals surface area (Å²) in [6, 6.07) is 13.1. The second-order valence-corrected chi connectivity index (χ2v) is 8.84. The van der Waals surface area contributed by atoms with Gasteiger partial charge in [0.25, 0.3) is 0 Å². The molecule has 154 valence electrons. The molecule has 3 rings (SSSR count). The average molecular weight is 384 g/mol. The number of aliphatic hydroxyl groups excluding tert-OH is 1. The van der Waals surface area contributed by atoms with Crippen LogP contribution in [-0.4, -0.2) is 28.9 Å². The summed E-state index contributed by atoms with van der Waals surface area (Å²) in [6.07, 6.45) is 10.9. The second-order valence-electron chi connectivity index (χ2n) is 8.84. The minimum Gasteiger partial charge on any atom is -0.387 e. The van der Waals surface area contributed by atoms with Gasteiger partial charge in [0.2, 0.25) is 0 Å². The molecule has 0 amide bonds. The Labute approximate surface area is 171 Å². The van der Waals surface area contributed by atoms with Crippen LogP contribution in [0, 0.1) is 12.8 Å². The first kappa shape index (κ1) is 21.1. The normalized spacial score (nSPS) is 17.5. The van der Waals surface area contributed by atoms with E-state index in [1.54, 1.807) is 4.90 Å². The van der Waals surface area contributed by atoms with E-state index >= 15 is 0 Å². The maximum absolute atomic E-state index is 10.5. The molecular weight excluding hydrogens is 344 g/mol. The predicted molar refractivity (Wildman–Crippen MR) is 117 cm³/mol. The van der Waals surface area contributed by atoms with E-state index in [4.69, 9.17) is 0 Å². The lowest BCUT2D eigenvalue weighted by atomic mass is 9.89. The Morgan fingerprint density at radius 3 is 2.64 bits per heavy atom. The van der Waals surface area contributed by atoms with E-state index in [-0.39, 0.29) is 6.10 Å². The van der Waals surface area contributed by atoms with Crippen molar-refractivity contribution in [2.45, 2.75) is 78.0 Å². The van der Waals surface area contributed by atoms with E-state index in [0.717, 1.165) is 38.4 Å². The fourth-order valence-electron chi connectivity index (χ4n) is 4.79. The van der Waals surface area contributed by atoms with E-state index in [1.165, 1.54) is 55.5 Å². The molecule has 1 fully saturated rings. The van der Waals surface area contributed by atoms with Crippen molar-refractivity contribution in [2.75, 3.05) is 13.1 Å². The van der Waals surface area contributed by atoms with Crippen LogP contribution < -0.4 is 4.90 Å². The molecule has 2 N–H and O–H groups in total. The molecule has 1 aliphatic carbocycles. The number of hydrogen-bond donors (Lipinski definition) is 2. The van der Waals surface area contributed by atoms with Gasteiger partial charge in [-0.05, 0) is 49.4 Å². The van der Waals surface area contributed by atoms with Crippen LogP contribution in [-0.2, 0) is 13.1 Å². The van der Waals surface area contributed by atoms with Gasteiger partial charge in [0.05, 0.1) is 12.2 Å². The topological polar surface area (TPSA) is 29.6 Å². The molecule has 3 nitrogen and oxygen atoms in total. The van der Waals surface area contributed by atoms with Crippen molar-refractivity contribution in [1.82, 2.24) is 4.57 Å². The van der Waals surface area contributed by atoms with Crippen molar-refractivity contribution in [3.8, 4) is 0 Å². The highest BCUT2D eigenvalue weighted by Gasteiger charge is 2.23. The number of aryl methyl sites for hydroxylation is 1. The van der Waals surface area contributed by atoms with Gasteiger partial charge in [-0.25, -0.2) is 0 Å². The van der Waals surface area contributed by atoms with Gasteiger partial charge in [0, 0.05) is 18.7 Å². The molecule has 0 bridgehead atoms. The van der Waals surface area contributed by atoms with Gasteiger partial charge in [0.15, 0.2) is 0 Å². The maximum atomic E-state index is 10.5. The van der Waals surface area contributed by atoms with Gasteiger partial charge in [-0.2, -0.15) is 0 Å². The Morgan fingerprint density at radius 1 is 1.11 bits per heavy atom. The van der Waals surface area contributed by atoms with Crippen molar-refractivity contribution in [3.63, 3.8) is 0 Å². The van der Waals surface area contributed by atoms with Gasteiger partial charge in [0.1, 0.15) is 19.2 Å². The number of rotatable bonds is 10. The zero-order valence-corrected chi connectivity index (χ0v) is 17.9. The summed E-state index contributed by atoms with van der Waals surface area (Å²) in [5.74, 6) is 0.831. The monoisotopic (exact) mass is 383 g/mol. The molecule has 1 saturated carbocycles. The van der Waals surface area contributed by atoms with E-state index in [2.05, 4.69) is 61.0 Å². The van der Waals surface area contributed by atoms with Crippen molar-refractivity contribution in [3.05, 3.63) is 59.4 Å². The fraction of sp³-hybridized carbons (Fsp3) is 0.600. The van der Waals surface area contributed by atoms with E-state index in [0.29, 0.717) is 0 Å². The zero-order valence-electron chi connectivity index (χ0n) is 17.9. The fourth-order valence-corrected chi connectivity index (χ4v) is 4.79. The quantitative estimate of drug-likeness (QED) is 0.639. The number of aliphatic hydroxyl groups is 1. The van der Waals surface area contributed by atoms with E-state index in [9.17, 15) is 5.11 Å². The maximum Gasteiger partial charge on any atom is 0.118 e. The Bertz CT molecular complexity index is 702. The first-order valence-electron chi connectivity index (χ1n) is 11.4. The van der Waals surface area contributed by atoms with Crippen LogP contribution >= 0.6 is 0 Å². The minimum absolute atomic E-state index is 0.177. The molecule has 28 heavy (non-hydrogen) atoms. The van der Waals surface area contributed by atoms with Gasteiger partial charge in [-0.15, -0.1) is 0 Å². The van der Waals surface area contributed by atoms with Crippen LogP contribution in [0.3, 0.4) is 0 Å². The smallest absolute Gasteiger partial charge is 0.118 e. The SMILES string of the molecule is CCC[C@H](O)C[NH+](Cc1cccn1Cc1ccccc1C)CC1CCCCC1. The molecule has 0 spiro atoms. The molecule has 3 heteroatoms. The van der Waals surface area contributed by atoms with Crippen LogP contribution in [0.2, 0.25) is 0 Å². The highest BCUT2D eigenvalue weighted by Crippen LogP contribution is 2.22. The molecule has 1 aromatic heterocycles. The molecule has 0 aliphatic heterocycles. The number of quaternary nitrogens is 1. The summed E-state index contributed by atoms with van der Waals surface area (Å²) in [5.41, 5.74) is 4.13. The number of hydrogen-bond acceptors (Lipinski definition) is 1. The molecule has 0 radical (unpaired) electrons. The lowest BCUT2D eigenvalue weighted by molar-refractivity contribution is -0.920. The third-order valence-corrected chi connectivity index (χ3v) is 6.40. The lowest BCUT2D eigenvalue weighted by Gasteiger charge is -2.29. The molecule has 1 aliphatic rings. The van der Waals surface area contributed by atoms with Gasteiger partial charge in [-0.3, -0.25) is 0 Å². The van der Waals surface area contributed by atoms with Crippen molar-refractivity contribution in [2.24, 2.45) is 5.92 Å². The number of aromatic nitrogens is 1. The van der Waals surface area contributed by atoms with Crippen LogP contribution in [0.5, 0.6) is 0 Å². The molecule has 2 atom stereocenters. The first-order chi connectivity index (χ1) is 13.7. The molecule has 2 aromatic rings. The Morgan fingerprint density at radius 2 is 1.89 bits per heavy atom. The standard InChI is InChI=1S/C25H38N2O/c1-3-10-25(28)20-26(17-22-12-5-4-6-13-22)19-24-15-9-16-27(24)18-23-14-8-7-11-21(23)2/h7-9,11,14-16,22,25,28H,3-6,10,12-13,17-20H2,1-2H3/p+1/t25-/m0/s1. The predicted octanol–water partition coefficient (Wildman–Crippen LogP) is 3.97. The van der Waals surface area contributed by atoms with Crippen LogP contribution in [0.15, 0.2) is 42.6 Å². The summed E-state index contributed by atoms with van der Waals surface area (Å²) >= 11 is 0. The largest absolute Gasteiger partial charge is 0.387 e. The highest BCUT2D eigenvalue weighted by molar-refractivity contribution is 5.26. The summed E-state index contributed by atoms with van der Waals surface area (Å²) in [5, 5.41) is 10.5. The van der Waals surface area contributed by atoms with Crippen molar-refractivity contribution >= 4 is 0 Å². The Balaban J connectivity index is 1.69. The summed E-state index contributed by atoms with van der Waals surface area (Å²) in [4.78, 5) is 1.55. The average Bonchev–Trinajstić information content (AvgIpc) is 3.11. The highest BCUT2D eigenvalue weighted by atomic mass is 16.3. The molecule has 1 heterocycles. The van der Waals surface area contributed by atoms with Gasteiger partial charge >= 0.3 is 0 Å². The van der Waals surface area contributed by atoms with Crippen LogP contribution in [0.25, 0.3) is 0 Å². The number of nitrogens with one attached hydrogen (secondary N) is 1. The number of nitrogens with zero attached hydrogens (tertiary/aromatic N) is 1. The molecular formula is C25H39N2O+. The van der Waals surface area contributed by atoms with Gasteiger partial charge in [-0.1, -0.05) is 56.9 Å². The third-order valence-electron chi connectivity index (χ3n) is 6.40. The number of benzene rings is 1. The van der Waals surface area contributed by atoms with Crippen LogP contribution in [0.4, 0.5) is 0 Å². The zero-order chi connectivity index (χ0) is 19.8. The summed E-state index contributed by atoms with van der Waals surface area (Å²) < 4.78 is 2.40. The van der Waals surface area contributed by atoms with Crippen molar-refractivity contribution in [1.29, 1.82) is 0 Å². The molecule has 0 saturated heterocycles. The summed E-state index contributed by atoms with van der Waals surface area (Å²) in [7, 11) is 0. The van der Waals surface area contributed by atoms with Crippen molar-refractivity contribution < 1.29 is 10.0 Å². The Kier molecular flexibility index (Phi) is 8.17.